The molecular formula is C17H25IN2O2. The van der Waals surface area contributed by atoms with Crippen molar-refractivity contribution in [1.82, 2.24) is 5.32 Å². The summed E-state index contributed by atoms with van der Waals surface area (Å²) in [5, 5.41) is 2.73. The Morgan fingerprint density at radius 1 is 1.36 bits per heavy atom. The van der Waals surface area contributed by atoms with Crippen molar-refractivity contribution in [3.05, 3.63) is 21.8 Å². The van der Waals surface area contributed by atoms with Gasteiger partial charge in [0.15, 0.2) is 0 Å². The summed E-state index contributed by atoms with van der Waals surface area (Å²) in [7, 11) is 0. The van der Waals surface area contributed by atoms with E-state index in [4.69, 9.17) is 0 Å². The number of hydrogen-bond donors (Lipinski definition) is 1. The van der Waals surface area contributed by atoms with E-state index in [2.05, 4.69) is 39.8 Å². The van der Waals surface area contributed by atoms with Gasteiger partial charge in [-0.25, -0.2) is 0 Å². The molecule has 0 aromatic heterocycles. The van der Waals surface area contributed by atoms with Gasteiger partial charge in [0.1, 0.15) is 11.6 Å². The van der Waals surface area contributed by atoms with E-state index in [-0.39, 0.29) is 5.91 Å². The molecular weight excluding hydrogens is 391 g/mol. The minimum atomic E-state index is -0.127. The number of allylic oxidation sites excluding steroid dienone is 3. The minimum absolute atomic E-state index is 0.127. The number of nitrogens with one attached hydrogen (secondary N) is 1. The van der Waals surface area contributed by atoms with E-state index in [1.165, 1.54) is 6.92 Å². The van der Waals surface area contributed by atoms with E-state index < -0.39 is 0 Å². The Morgan fingerprint density at radius 3 is 2.59 bits per heavy atom. The molecule has 0 radical (unpaired) electrons. The van der Waals surface area contributed by atoms with Crippen molar-refractivity contribution < 1.29 is 9.59 Å². The Hall–Kier alpha value is -0.980. The fraction of sp³-hybridized carbons (Fsp3) is 0.588. The third-order valence-corrected chi connectivity index (χ3v) is 4.21. The number of carbonyl (C=O) groups is 2. The van der Waals surface area contributed by atoms with Crippen LogP contribution in [-0.2, 0) is 9.59 Å². The third kappa shape index (κ3) is 7.87. The monoisotopic (exact) mass is 416 g/mol. The van der Waals surface area contributed by atoms with E-state index in [1.54, 1.807) is 0 Å². The van der Waals surface area contributed by atoms with Crippen LogP contribution >= 0.6 is 22.6 Å². The first kappa shape index (κ1) is 19.1. The predicted molar refractivity (Wildman–Crippen MR) is 99.2 cm³/mol. The zero-order valence-electron chi connectivity index (χ0n) is 13.6. The predicted octanol–water partition coefficient (Wildman–Crippen LogP) is 3.81. The van der Waals surface area contributed by atoms with Crippen molar-refractivity contribution in [2.24, 2.45) is 16.8 Å². The number of nitrogens with zero attached hydrogens (tertiary/aromatic N) is 1. The van der Waals surface area contributed by atoms with Gasteiger partial charge in [-0.2, -0.15) is 0 Å². The highest BCUT2D eigenvalue weighted by atomic mass is 127. The Balaban J connectivity index is 2.38. The first-order valence-corrected chi connectivity index (χ1v) is 8.86. The molecule has 0 aromatic carbocycles. The minimum Gasteiger partial charge on any atom is -0.311 e. The van der Waals surface area contributed by atoms with E-state index in [1.807, 2.05) is 25.2 Å². The molecule has 4 nitrogen and oxygen atoms in total. The Kier molecular flexibility index (Phi) is 8.60. The molecule has 1 fully saturated rings. The Morgan fingerprint density at radius 2 is 2.05 bits per heavy atom. The van der Waals surface area contributed by atoms with Gasteiger partial charge in [-0.05, 0) is 60.8 Å². The molecule has 0 bridgehead atoms. The molecule has 1 aliphatic carbocycles. The number of amidine groups is 1. The molecule has 1 rings (SSSR count). The van der Waals surface area contributed by atoms with Crippen LogP contribution in [0.2, 0.25) is 0 Å². The summed E-state index contributed by atoms with van der Waals surface area (Å²) >= 11 is 2.19. The van der Waals surface area contributed by atoms with E-state index >= 15 is 0 Å². The molecule has 1 amide bonds. The second-order valence-electron chi connectivity index (χ2n) is 5.72. The van der Waals surface area contributed by atoms with Gasteiger partial charge in [0, 0.05) is 29.4 Å². The zero-order chi connectivity index (χ0) is 16.5. The van der Waals surface area contributed by atoms with Crippen LogP contribution in [0, 0.1) is 11.8 Å². The summed E-state index contributed by atoms with van der Waals surface area (Å²) in [6, 6.07) is 0. The maximum absolute atomic E-state index is 11.8. The molecule has 0 spiro atoms. The number of halogens is 1. The second-order valence-corrected chi connectivity index (χ2v) is 6.97. The average Bonchev–Trinajstić information content (AvgIpc) is 3.14. The first-order valence-electron chi connectivity index (χ1n) is 7.78. The summed E-state index contributed by atoms with van der Waals surface area (Å²) in [4.78, 5) is 27.4. The standard InChI is InChI=1S/C17H25IN2O2/c1-4-7-14(18)11-17(20-13(3)21)19-9-6-5-8-16(22)15-10-12(15)2/h4,7,11-12,15H,5-6,8-10H2,1-3H3,(H,19,20,21)/b7-4-,14-11+. The third-order valence-electron chi connectivity index (χ3n) is 3.54. The molecule has 1 aliphatic rings. The van der Waals surface area contributed by atoms with Crippen molar-refractivity contribution >= 4 is 40.1 Å². The highest BCUT2D eigenvalue weighted by Gasteiger charge is 2.37. The van der Waals surface area contributed by atoms with Gasteiger partial charge in [-0.3, -0.25) is 14.6 Å². The number of amides is 1. The lowest BCUT2D eigenvalue weighted by Crippen LogP contribution is -2.27. The zero-order valence-corrected chi connectivity index (χ0v) is 15.7. The summed E-state index contributed by atoms with van der Waals surface area (Å²) in [6.07, 6.45) is 9.20. The van der Waals surface area contributed by atoms with Crippen LogP contribution in [0.15, 0.2) is 26.8 Å². The number of hydrogen-bond acceptors (Lipinski definition) is 3. The fourth-order valence-electron chi connectivity index (χ4n) is 2.21. The lowest BCUT2D eigenvalue weighted by molar-refractivity contribution is -0.120. The maximum Gasteiger partial charge on any atom is 0.222 e. The van der Waals surface area contributed by atoms with Crippen LogP contribution in [0.5, 0.6) is 0 Å². The van der Waals surface area contributed by atoms with Gasteiger partial charge >= 0.3 is 0 Å². The first-order chi connectivity index (χ1) is 10.4. The number of carbonyl (C=O) groups excluding carboxylic acids is 2. The van der Waals surface area contributed by atoms with Crippen LogP contribution in [0.25, 0.3) is 0 Å². The summed E-state index contributed by atoms with van der Waals surface area (Å²) < 4.78 is 1.01. The molecule has 1 N–H and O–H groups in total. The lowest BCUT2D eigenvalue weighted by Gasteiger charge is -2.03. The van der Waals surface area contributed by atoms with Crippen LogP contribution in [0.3, 0.4) is 0 Å². The number of ketones is 1. The molecule has 2 atom stereocenters. The molecule has 5 heteroatoms. The van der Waals surface area contributed by atoms with Crippen molar-refractivity contribution in [3.63, 3.8) is 0 Å². The SMILES string of the molecule is C/C=C\C(I)=C/C(=NCCCCC(=O)C1CC1C)NC(C)=O. The van der Waals surface area contributed by atoms with E-state index in [0.29, 0.717) is 36.4 Å². The highest BCUT2D eigenvalue weighted by Crippen LogP contribution is 2.39. The summed E-state index contributed by atoms with van der Waals surface area (Å²) in [5.74, 6) is 1.77. The fourth-order valence-corrected chi connectivity index (χ4v) is 2.86. The molecule has 2 unspecified atom stereocenters. The molecule has 0 aliphatic heterocycles. The van der Waals surface area contributed by atoms with E-state index in [0.717, 1.165) is 22.8 Å². The number of unbranched alkanes of at least 4 members (excludes halogenated alkanes) is 1. The normalized spacial score (nSPS) is 22.0. The summed E-state index contributed by atoms with van der Waals surface area (Å²) in [5.41, 5.74) is 0. The van der Waals surface area contributed by atoms with Gasteiger partial charge in [0.2, 0.25) is 5.91 Å². The molecule has 0 aromatic rings. The van der Waals surface area contributed by atoms with Crippen molar-refractivity contribution in [3.8, 4) is 0 Å². The molecule has 0 heterocycles. The maximum atomic E-state index is 11.8. The second kappa shape index (κ2) is 9.92. The van der Waals surface area contributed by atoms with Crippen LogP contribution < -0.4 is 5.32 Å². The van der Waals surface area contributed by atoms with Crippen LogP contribution in [-0.4, -0.2) is 24.1 Å². The van der Waals surface area contributed by atoms with Crippen molar-refractivity contribution in [1.29, 1.82) is 0 Å². The Labute approximate surface area is 146 Å². The highest BCUT2D eigenvalue weighted by molar-refractivity contribution is 14.1. The van der Waals surface area contributed by atoms with Gasteiger partial charge < -0.3 is 5.32 Å². The smallest absolute Gasteiger partial charge is 0.222 e. The van der Waals surface area contributed by atoms with E-state index in [9.17, 15) is 9.59 Å². The van der Waals surface area contributed by atoms with Crippen molar-refractivity contribution in [2.75, 3.05) is 6.54 Å². The molecule has 122 valence electrons. The van der Waals surface area contributed by atoms with Crippen LogP contribution in [0.4, 0.5) is 0 Å². The number of Topliss-reactive ketones (excluding diaryl/α,β-unsaturated/α-hetero) is 1. The molecule has 1 saturated carbocycles. The largest absolute Gasteiger partial charge is 0.311 e. The van der Waals surface area contributed by atoms with Gasteiger partial charge in [0.05, 0.1) is 0 Å². The van der Waals surface area contributed by atoms with Crippen LogP contribution in [0.1, 0.15) is 46.5 Å². The quantitative estimate of drug-likeness (QED) is 0.215. The van der Waals surface area contributed by atoms with Gasteiger partial charge in [-0.1, -0.05) is 19.1 Å². The lowest BCUT2D eigenvalue weighted by atomic mass is 10.1. The Bertz CT molecular complexity index is 495. The van der Waals surface area contributed by atoms with Crippen molar-refractivity contribution in [2.45, 2.75) is 46.5 Å². The van der Waals surface area contributed by atoms with Gasteiger partial charge in [0.25, 0.3) is 0 Å². The molecule has 22 heavy (non-hydrogen) atoms. The topological polar surface area (TPSA) is 58.5 Å². The van der Waals surface area contributed by atoms with Gasteiger partial charge in [-0.15, -0.1) is 0 Å². The summed E-state index contributed by atoms with van der Waals surface area (Å²) in [6.45, 7) is 6.17. The molecule has 0 saturated heterocycles. The number of aliphatic imine (C=N–C) groups is 1. The average molecular weight is 416 g/mol. The number of rotatable bonds is 8.